The Labute approximate surface area is 140 Å². The summed E-state index contributed by atoms with van der Waals surface area (Å²) in [5, 5.41) is 5.51. The molecule has 1 heterocycles. The van der Waals surface area contributed by atoms with E-state index in [0.29, 0.717) is 23.8 Å². The second-order valence-corrected chi connectivity index (χ2v) is 6.35. The first kappa shape index (κ1) is 16.4. The second kappa shape index (κ2) is 7.00. The fraction of sp³-hybridized carbons (Fsp3) is 0.471. The van der Waals surface area contributed by atoms with Gasteiger partial charge in [-0.15, -0.1) is 0 Å². The van der Waals surface area contributed by atoms with Gasteiger partial charge in [-0.25, -0.2) is 0 Å². The fourth-order valence-electron chi connectivity index (χ4n) is 2.82. The number of carbonyl (C=O) groups is 3. The Bertz CT molecular complexity index is 657. The number of fused-ring (bicyclic) bond motifs is 1. The summed E-state index contributed by atoms with van der Waals surface area (Å²) in [4.78, 5) is 37.4. The molecule has 1 aliphatic carbocycles. The molecule has 7 heteroatoms. The lowest BCUT2D eigenvalue weighted by atomic mass is 10.1. The smallest absolute Gasteiger partial charge is 0.244 e. The first-order valence-electron chi connectivity index (χ1n) is 8.26. The van der Waals surface area contributed by atoms with E-state index in [2.05, 4.69) is 10.6 Å². The zero-order valence-corrected chi connectivity index (χ0v) is 13.5. The molecule has 24 heavy (non-hydrogen) atoms. The molecule has 1 fully saturated rings. The average Bonchev–Trinajstić information content (AvgIpc) is 3.41. The largest absolute Gasteiger partial charge is 0.355 e. The third-order valence-electron chi connectivity index (χ3n) is 4.40. The van der Waals surface area contributed by atoms with Crippen LogP contribution < -0.4 is 21.3 Å². The third-order valence-corrected chi connectivity index (χ3v) is 4.40. The molecule has 1 unspecified atom stereocenters. The van der Waals surface area contributed by atoms with Gasteiger partial charge in [-0.2, -0.15) is 0 Å². The van der Waals surface area contributed by atoms with Crippen molar-refractivity contribution in [2.24, 2.45) is 11.7 Å². The summed E-state index contributed by atoms with van der Waals surface area (Å²) in [5.74, 6) is -0.134. The number of nitrogens with one attached hydrogen (secondary N) is 2. The number of carbonyl (C=O) groups excluding carboxylic acids is 3. The number of nitrogens with zero attached hydrogens (tertiary/aromatic N) is 1. The van der Waals surface area contributed by atoms with Crippen molar-refractivity contribution in [2.45, 2.75) is 31.7 Å². The number of rotatable bonds is 6. The van der Waals surface area contributed by atoms with Gasteiger partial charge in [-0.1, -0.05) is 12.1 Å². The number of nitrogens with two attached hydrogens (primary N) is 1. The summed E-state index contributed by atoms with van der Waals surface area (Å²) in [7, 11) is 0. The lowest BCUT2D eigenvalue weighted by Gasteiger charge is -2.29. The SMILES string of the molecule is NC(CNC(=O)CCC(=O)N1CC(=O)Nc2ccccc21)C1CC1. The van der Waals surface area contributed by atoms with E-state index in [1.54, 1.807) is 18.2 Å². The van der Waals surface area contributed by atoms with E-state index in [1.807, 2.05) is 6.07 Å². The number of anilines is 2. The van der Waals surface area contributed by atoms with E-state index in [0.717, 1.165) is 12.8 Å². The van der Waals surface area contributed by atoms with E-state index in [9.17, 15) is 14.4 Å². The lowest BCUT2D eigenvalue weighted by Crippen LogP contribution is -2.43. The van der Waals surface area contributed by atoms with Gasteiger partial charge in [-0.05, 0) is 30.9 Å². The van der Waals surface area contributed by atoms with Gasteiger partial charge in [0.2, 0.25) is 17.7 Å². The highest BCUT2D eigenvalue weighted by Crippen LogP contribution is 2.31. The van der Waals surface area contributed by atoms with Crippen LogP contribution in [0.2, 0.25) is 0 Å². The van der Waals surface area contributed by atoms with Crippen LogP contribution in [0.3, 0.4) is 0 Å². The Morgan fingerprint density at radius 2 is 2.04 bits per heavy atom. The van der Waals surface area contributed by atoms with Crippen molar-refractivity contribution in [1.29, 1.82) is 0 Å². The number of para-hydroxylation sites is 2. The molecule has 3 rings (SSSR count). The monoisotopic (exact) mass is 330 g/mol. The van der Waals surface area contributed by atoms with E-state index in [4.69, 9.17) is 5.73 Å². The number of hydrogen-bond donors (Lipinski definition) is 3. The summed E-state index contributed by atoms with van der Waals surface area (Å²) in [5.41, 5.74) is 7.21. The zero-order valence-electron chi connectivity index (χ0n) is 13.5. The maximum atomic E-state index is 12.4. The molecule has 1 atom stereocenters. The summed E-state index contributed by atoms with van der Waals surface area (Å²) >= 11 is 0. The van der Waals surface area contributed by atoms with Crippen LogP contribution >= 0.6 is 0 Å². The van der Waals surface area contributed by atoms with Gasteiger partial charge in [0.1, 0.15) is 6.54 Å². The van der Waals surface area contributed by atoms with Crippen molar-refractivity contribution >= 4 is 29.1 Å². The maximum Gasteiger partial charge on any atom is 0.244 e. The Hall–Kier alpha value is -2.41. The Balaban J connectivity index is 1.51. The summed E-state index contributed by atoms with van der Waals surface area (Å²) in [6.45, 7) is 0.427. The van der Waals surface area contributed by atoms with Crippen molar-refractivity contribution < 1.29 is 14.4 Å². The average molecular weight is 330 g/mol. The minimum Gasteiger partial charge on any atom is -0.355 e. The first-order chi connectivity index (χ1) is 11.5. The molecular weight excluding hydrogens is 308 g/mol. The normalized spacial score (nSPS) is 17.7. The summed E-state index contributed by atoms with van der Waals surface area (Å²) in [6, 6.07) is 7.13. The zero-order chi connectivity index (χ0) is 17.1. The predicted molar refractivity (Wildman–Crippen MR) is 90.4 cm³/mol. The molecule has 0 saturated heterocycles. The molecule has 2 aliphatic rings. The van der Waals surface area contributed by atoms with Crippen molar-refractivity contribution in [3.63, 3.8) is 0 Å². The van der Waals surface area contributed by atoms with Gasteiger partial charge in [0, 0.05) is 25.4 Å². The highest BCUT2D eigenvalue weighted by molar-refractivity contribution is 6.10. The van der Waals surface area contributed by atoms with Gasteiger partial charge in [-0.3, -0.25) is 14.4 Å². The van der Waals surface area contributed by atoms with E-state index < -0.39 is 0 Å². The van der Waals surface area contributed by atoms with Crippen molar-refractivity contribution in [2.75, 3.05) is 23.3 Å². The molecule has 0 bridgehead atoms. The van der Waals surface area contributed by atoms with Crippen LogP contribution in [0.1, 0.15) is 25.7 Å². The van der Waals surface area contributed by atoms with Crippen LogP contribution in [0.5, 0.6) is 0 Å². The standard InChI is InChI=1S/C17H22N4O3/c18-12(11-5-6-11)9-19-15(22)7-8-17(24)21-10-16(23)20-13-3-1-2-4-14(13)21/h1-4,11-12H,5-10,18H2,(H,19,22)(H,20,23). The van der Waals surface area contributed by atoms with E-state index in [1.165, 1.54) is 4.90 Å². The van der Waals surface area contributed by atoms with Crippen molar-refractivity contribution in [3.05, 3.63) is 24.3 Å². The molecule has 1 aliphatic heterocycles. The van der Waals surface area contributed by atoms with Gasteiger partial charge in [0.15, 0.2) is 0 Å². The molecule has 0 aromatic heterocycles. The predicted octanol–water partition coefficient (Wildman–Crippen LogP) is 0.605. The summed E-state index contributed by atoms with van der Waals surface area (Å²) in [6.07, 6.45) is 2.42. The molecule has 0 spiro atoms. The van der Waals surface area contributed by atoms with Gasteiger partial charge in [0.05, 0.1) is 11.4 Å². The minimum absolute atomic E-state index is 0.00215. The quantitative estimate of drug-likeness (QED) is 0.710. The molecule has 1 aromatic rings. The van der Waals surface area contributed by atoms with Gasteiger partial charge < -0.3 is 21.3 Å². The number of benzene rings is 1. The van der Waals surface area contributed by atoms with Gasteiger partial charge in [0.25, 0.3) is 0 Å². The minimum atomic E-state index is -0.237. The summed E-state index contributed by atoms with van der Waals surface area (Å²) < 4.78 is 0. The fourth-order valence-corrected chi connectivity index (χ4v) is 2.82. The molecule has 128 valence electrons. The Morgan fingerprint density at radius 3 is 2.79 bits per heavy atom. The molecule has 1 saturated carbocycles. The maximum absolute atomic E-state index is 12.4. The molecule has 0 radical (unpaired) electrons. The molecule has 4 N–H and O–H groups in total. The third kappa shape index (κ3) is 3.91. The molecule has 1 aromatic carbocycles. The van der Waals surface area contributed by atoms with Crippen molar-refractivity contribution in [1.82, 2.24) is 5.32 Å². The van der Waals surface area contributed by atoms with Gasteiger partial charge >= 0.3 is 0 Å². The van der Waals surface area contributed by atoms with Crippen LogP contribution in [-0.4, -0.2) is 36.9 Å². The first-order valence-corrected chi connectivity index (χ1v) is 8.26. The van der Waals surface area contributed by atoms with Crippen LogP contribution in [0.4, 0.5) is 11.4 Å². The number of amides is 3. The molecular formula is C17H22N4O3. The van der Waals surface area contributed by atoms with Crippen LogP contribution in [0.25, 0.3) is 0 Å². The van der Waals surface area contributed by atoms with Crippen LogP contribution in [-0.2, 0) is 14.4 Å². The Morgan fingerprint density at radius 1 is 1.29 bits per heavy atom. The number of hydrogen-bond acceptors (Lipinski definition) is 4. The highest BCUT2D eigenvalue weighted by Gasteiger charge is 2.29. The van der Waals surface area contributed by atoms with E-state index >= 15 is 0 Å². The molecule has 3 amide bonds. The lowest BCUT2D eigenvalue weighted by molar-refractivity contribution is -0.125. The van der Waals surface area contributed by atoms with Crippen molar-refractivity contribution in [3.8, 4) is 0 Å². The molecule has 7 nitrogen and oxygen atoms in total. The Kier molecular flexibility index (Phi) is 4.80. The second-order valence-electron chi connectivity index (χ2n) is 6.35. The van der Waals surface area contributed by atoms with Crippen LogP contribution in [0.15, 0.2) is 24.3 Å². The highest BCUT2D eigenvalue weighted by atomic mass is 16.2. The topological polar surface area (TPSA) is 105 Å². The van der Waals surface area contributed by atoms with Crippen LogP contribution in [0, 0.1) is 5.92 Å². The van der Waals surface area contributed by atoms with E-state index in [-0.39, 0.29) is 43.1 Å².